The van der Waals surface area contributed by atoms with E-state index in [0.29, 0.717) is 62.1 Å². The van der Waals surface area contributed by atoms with E-state index in [1.807, 2.05) is 36.4 Å². The van der Waals surface area contributed by atoms with Crippen molar-refractivity contribution in [2.45, 2.75) is 12.7 Å². The number of carbonyl (C=O) groups is 2. The van der Waals surface area contributed by atoms with Crippen LogP contribution < -0.4 is 19.5 Å². The standard InChI is InChI=1S/C31H37N3O7/c1-37-25-7-5-6-24(18-25)29(41-21-22-8-10-23(11-9-22)30(35)40-4)20-33-14-16-34(17-15-33)31(36)32-27-19-26(38-2)12-13-28(27)39-3/h5-13,18-19,29H,14-17,20-21H2,1-4H3,(H,32,36)/t29-/m0/s1. The minimum Gasteiger partial charge on any atom is -0.497 e. The van der Waals surface area contributed by atoms with Crippen molar-refractivity contribution in [1.82, 2.24) is 9.80 Å². The van der Waals surface area contributed by atoms with E-state index in [1.54, 1.807) is 56.6 Å². The lowest BCUT2D eigenvalue weighted by Gasteiger charge is -2.36. The Morgan fingerprint density at radius 1 is 0.829 bits per heavy atom. The van der Waals surface area contributed by atoms with Gasteiger partial charge >= 0.3 is 12.0 Å². The molecular formula is C31H37N3O7. The highest BCUT2D eigenvalue weighted by molar-refractivity contribution is 5.91. The number of benzene rings is 3. The highest BCUT2D eigenvalue weighted by Gasteiger charge is 2.25. The minimum atomic E-state index is -0.373. The molecule has 3 aromatic carbocycles. The quantitative estimate of drug-likeness (QED) is 0.338. The second-order valence-electron chi connectivity index (χ2n) is 9.55. The predicted molar refractivity (Wildman–Crippen MR) is 155 cm³/mol. The summed E-state index contributed by atoms with van der Waals surface area (Å²) >= 11 is 0. The third-order valence-corrected chi connectivity index (χ3v) is 7.02. The molecule has 1 heterocycles. The molecule has 0 unspecified atom stereocenters. The summed E-state index contributed by atoms with van der Waals surface area (Å²) < 4.78 is 27.3. The van der Waals surface area contributed by atoms with Gasteiger partial charge in [-0.15, -0.1) is 0 Å². The van der Waals surface area contributed by atoms with Gasteiger partial charge in [-0.05, 0) is 47.5 Å². The summed E-state index contributed by atoms with van der Waals surface area (Å²) in [6, 6.07) is 20.2. The molecule has 2 amide bonds. The van der Waals surface area contributed by atoms with Crippen molar-refractivity contribution in [3.05, 3.63) is 83.4 Å². The largest absolute Gasteiger partial charge is 0.497 e. The normalized spacial score (nSPS) is 14.2. The molecule has 1 aliphatic heterocycles. The number of methoxy groups -OCH3 is 4. The van der Waals surface area contributed by atoms with Gasteiger partial charge in [0, 0.05) is 38.8 Å². The number of rotatable bonds is 11. The van der Waals surface area contributed by atoms with Crippen molar-refractivity contribution in [2.75, 3.05) is 66.5 Å². The zero-order valence-electron chi connectivity index (χ0n) is 23.9. The Balaban J connectivity index is 1.38. The summed E-state index contributed by atoms with van der Waals surface area (Å²) in [5.41, 5.74) is 3.00. The van der Waals surface area contributed by atoms with Crippen molar-refractivity contribution in [3.8, 4) is 17.2 Å². The second kappa shape index (κ2) is 14.4. The Labute approximate surface area is 240 Å². The molecule has 0 saturated carbocycles. The number of amides is 2. The molecule has 1 saturated heterocycles. The first-order valence-electron chi connectivity index (χ1n) is 13.4. The van der Waals surface area contributed by atoms with E-state index in [9.17, 15) is 9.59 Å². The van der Waals surface area contributed by atoms with Crippen LogP contribution in [0.25, 0.3) is 0 Å². The topological polar surface area (TPSA) is 98.8 Å². The number of ether oxygens (including phenoxy) is 5. The van der Waals surface area contributed by atoms with Crippen molar-refractivity contribution in [1.29, 1.82) is 0 Å². The Bertz CT molecular complexity index is 1310. The monoisotopic (exact) mass is 563 g/mol. The van der Waals surface area contributed by atoms with Gasteiger partial charge in [0.15, 0.2) is 0 Å². The zero-order chi connectivity index (χ0) is 29.2. The van der Waals surface area contributed by atoms with E-state index in [-0.39, 0.29) is 18.1 Å². The molecule has 1 aliphatic rings. The number of piperazine rings is 1. The summed E-state index contributed by atoms with van der Waals surface area (Å²) in [5, 5.41) is 2.95. The van der Waals surface area contributed by atoms with E-state index in [0.717, 1.165) is 16.9 Å². The maximum atomic E-state index is 13.0. The molecule has 41 heavy (non-hydrogen) atoms. The number of carbonyl (C=O) groups excluding carboxylic acids is 2. The maximum Gasteiger partial charge on any atom is 0.337 e. The molecule has 1 fully saturated rings. The Morgan fingerprint density at radius 3 is 2.20 bits per heavy atom. The van der Waals surface area contributed by atoms with Crippen molar-refractivity contribution < 1.29 is 33.3 Å². The molecule has 0 aromatic heterocycles. The van der Waals surface area contributed by atoms with Crippen LogP contribution in [0.2, 0.25) is 0 Å². The van der Waals surface area contributed by atoms with Crippen LogP contribution in [0.5, 0.6) is 17.2 Å². The fourth-order valence-electron chi connectivity index (χ4n) is 4.62. The number of nitrogens with one attached hydrogen (secondary N) is 1. The third kappa shape index (κ3) is 7.90. The van der Waals surface area contributed by atoms with E-state index < -0.39 is 0 Å². The van der Waals surface area contributed by atoms with Gasteiger partial charge in [-0.3, -0.25) is 4.90 Å². The number of anilines is 1. The SMILES string of the molecule is COC(=O)c1ccc(CO[C@@H](CN2CCN(C(=O)Nc3cc(OC)ccc3OC)CC2)c2cccc(OC)c2)cc1. The van der Waals surface area contributed by atoms with E-state index in [1.165, 1.54) is 7.11 Å². The van der Waals surface area contributed by atoms with Gasteiger partial charge in [-0.1, -0.05) is 24.3 Å². The van der Waals surface area contributed by atoms with E-state index in [4.69, 9.17) is 23.7 Å². The first-order valence-corrected chi connectivity index (χ1v) is 13.4. The van der Waals surface area contributed by atoms with Gasteiger partial charge in [0.1, 0.15) is 17.2 Å². The van der Waals surface area contributed by atoms with Crippen LogP contribution in [0.1, 0.15) is 27.6 Å². The fraction of sp³-hybridized carbons (Fsp3) is 0.355. The summed E-state index contributed by atoms with van der Waals surface area (Å²) in [7, 11) is 6.15. The molecule has 10 nitrogen and oxygen atoms in total. The van der Waals surface area contributed by atoms with E-state index >= 15 is 0 Å². The summed E-state index contributed by atoms with van der Waals surface area (Å²) in [5.74, 6) is 1.58. The van der Waals surface area contributed by atoms with Gasteiger partial charge in [0.25, 0.3) is 0 Å². The van der Waals surface area contributed by atoms with Crippen LogP contribution in [-0.4, -0.2) is 83.0 Å². The second-order valence-corrected chi connectivity index (χ2v) is 9.55. The van der Waals surface area contributed by atoms with E-state index in [2.05, 4.69) is 10.2 Å². The molecule has 3 aromatic rings. The summed E-state index contributed by atoms with van der Waals surface area (Å²) in [6.07, 6.45) is -0.230. The number of urea groups is 1. The Morgan fingerprint density at radius 2 is 1.54 bits per heavy atom. The average Bonchev–Trinajstić information content (AvgIpc) is 3.03. The smallest absolute Gasteiger partial charge is 0.337 e. The third-order valence-electron chi connectivity index (χ3n) is 7.02. The predicted octanol–water partition coefficient (Wildman–Crippen LogP) is 4.61. The molecule has 0 aliphatic carbocycles. The Hall–Kier alpha value is -4.28. The molecule has 1 atom stereocenters. The van der Waals surface area contributed by atoms with Crippen molar-refractivity contribution in [3.63, 3.8) is 0 Å². The number of hydrogen-bond donors (Lipinski definition) is 1. The minimum absolute atomic E-state index is 0.188. The van der Waals surface area contributed by atoms with Crippen molar-refractivity contribution in [2.24, 2.45) is 0 Å². The highest BCUT2D eigenvalue weighted by Crippen LogP contribution is 2.29. The molecule has 10 heteroatoms. The molecule has 1 N–H and O–H groups in total. The zero-order valence-corrected chi connectivity index (χ0v) is 23.9. The van der Waals surface area contributed by atoms with Gasteiger partial charge in [-0.2, -0.15) is 0 Å². The molecule has 0 spiro atoms. The van der Waals surface area contributed by atoms with Crippen LogP contribution in [0.15, 0.2) is 66.7 Å². The maximum absolute atomic E-state index is 13.0. The lowest BCUT2D eigenvalue weighted by Crippen LogP contribution is -2.50. The number of hydrogen-bond acceptors (Lipinski definition) is 8. The van der Waals surface area contributed by atoms with Gasteiger partial charge in [0.05, 0.1) is 52.4 Å². The summed E-state index contributed by atoms with van der Waals surface area (Å²) in [6.45, 7) is 3.54. The molecule has 4 rings (SSSR count). The molecule has 0 bridgehead atoms. The van der Waals surface area contributed by atoms with Gasteiger partial charge < -0.3 is 33.9 Å². The van der Waals surface area contributed by atoms with Crippen LogP contribution in [0, 0.1) is 0 Å². The number of nitrogens with zero attached hydrogens (tertiary/aromatic N) is 2. The van der Waals surface area contributed by atoms with Crippen molar-refractivity contribution >= 4 is 17.7 Å². The highest BCUT2D eigenvalue weighted by atomic mass is 16.5. The summed E-state index contributed by atoms with van der Waals surface area (Å²) in [4.78, 5) is 28.9. The van der Waals surface area contributed by atoms with Gasteiger partial charge in [-0.25, -0.2) is 9.59 Å². The molecular weight excluding hydrogens is 526 g/mol. The fourth-order valence-corrected chi connectivity index (χ4v) is 4.62. The van der Waals surface area contributed by atoms with Gasteiger partial charge in [0.2, 0.25) is 0 Å². The van der Waals surface area contributed by atoms with Crippen LogP contribution >= 0.6 is 0 Å². The average molecular weight is 564 g/mol. The van der Waals surface area contributed by atoms with Crippen LogP contribution in [0.3, 0.4) is 0 Å². The molecule has 0 radical (unpaired) electrons. The van der Waals surface area contributed by atoms with Crippen LogP contribution in [-0.2, 0) is 16.1 Å². The number of esters is 1. The first kappa shape index (κ1) is 29.7. The Kier molecular flexibility index (Phi) is 10.4. The molecule has 218 valence electrons. The lowest BCUT2D eigenvalue weighted by atomic mass is 10.1. The first-order chi connectivity index (χ1) is 19.9. The lowest BCUT2D eigenvalue weighted by molar-refractivity contribution is 0.00582. The van der Waals surface area contributed by atoms with Crippen LogP contribution in [0.4, 0.5) is 10.5 Å².